The Morgan fingerprint density at radius 3 is 1.64 bits per heavy atom. The normalized spacial score (nSPS) is 11.8. The minimum Gasteiger partial charge on any atom is -0.207 e. The molecule has 140 valence electrons. The predicted molar refractivity (Wildman–Crippen MR) is 113 cm³/mol. The molecule has 0 amide bonds. The molecular weight excluding hydrogens is 366 g/mol. The molecule has 4 heteroatoms. The Morgan fingerprint density at radius 2 is 1.07 bits per heavy atom. The first-order valence-corrected chi connectivity index (χ1v) is 10.6. The van der Waals surface area contributed by atoms with E-state index in [1.54, 1.807) is 16.4 Å². The zero-order chi connectivity index (χ0) is 19.4. The Bertz CT molecular complexity index is 1130. The summed E-state index contributed by atoms with van der Waals surface area (Å²) in [6, 6.07) is 32.5. The van der Waals surface area contributed by atoms with Crippen molar-refractivity contribution in [2.45, 2.75) is 18.0 Å². The molecule has 0 fully saturated rings. The topological polar surface area (TPSA) is 37.4 Å². The summed E-state index contributed by atoms with van der Waals surface area (Å²) in [5.74, 6) is 0. The lowest BCUT2D eigenvalue weighted by atomic mass is 10.1. The van der Waals surface area contributed by atoms with Crippen molar-refractivity contribution >= 4 is 20.8 Å². The van der Waals surface area contributed by atoms with Crippen LogP contribution in [-0.4, -0.2) is 12.7 Å². The van der Waals surface area contributed by atoms with Gasteiger partial charge < -0.3 is 0 Å². The van der Waals surface area contributed by atoms with Gasteiger partial charge in [-0.3, -0.25) is 0 Å². The number of sulfonamides is 1. The van der Waals surface area contributed by atoms with Crippen LogP contribution >= 0.6 is 0 Å². The molecule has 28 heavy (non-hydrogen) atoms. The number of benzene rings is 4. The maximum atomic E-state index is 13.5. The van der Waals surface area contributed by atoms with Gasteiger partial charge in [-0.15, -0.1) is 0 Å². The van der Waals surface area contributed by atoms with Gasteiger partial charge in [0.15, 0.2) is 0 Å². The van der Waals surface area contributed by atoms with E-state index < -0.39 is 10.0 Å². The van der Waals surface area contributed by atoms with Crippen LogP contribution in [0.4, 0.5) is 0 Å². The highest BCUT2D eigenvalue weighted by molar-refractivity contribution is 7.89. The van der Waals surface area contributed by atoms with Crippen molar-refractivity contribution in [1.82, 2.24) is 4.31 Å². The van der Waals surface area contributed by atoms with E-state index >= 15 is 0 Å². The molecule has 0 bridgehead atoms. The molecule has 0 radical (unpaired) electrons. The van der Waals surface area contributed by atoms with Crippen molar-refractivity contribution in [2.75, 3.05) is 0 Å². The SMILES string of the molecule is O=S(=O)(c1ccc2ccccc2c1)N(Cc1ccccc1)Cc1ccccc1. The van der Waals surface area contributed by atoms with Crippen LogP contribution in [0.25, 0.3) is 10.8 Å². The van der Waals surface area contributed by atoms with Gasteiger partial charge in [-0.05, 0) is 34.0 Å². The van der Waals surface area contributed by atoms with Crippen LogP contribution in [0.15, 0.2) is 108 Å². The van der Waals surface area contributed by atoms with Gasteiger partial charge in [-0.1, -0.05) is 91.0 Å². The zero-order valence-corrected chi connectivity index (χ0v) is 16.2. The van der Waals surface area contributed by atoms with Crippen LogP contribution < -0.4 is 0 Å². The van der Waals surface area contributed by atoms with Gasteiger partial charge in [0.1, 0.15) is 0 Å². The summed E-state index contributed by atoms with van der Waals surface area (Å²) in [7, 11) is -3.66. The van der Waals surface area contributed by atoms with E-state index in [0.717, 1.165) is 21.9 Å². The standard InChI is InChI=1S/C24H21NO2S/c26-28(27,24-16-15-22-13-7-8-14-23(22)17-24)25(18-20-9-3-1-4-10-20)19-21-11-5-2-6-12-21/h1-17H,18-19H2. The highest BCUT2D eigenvalue weighted by Gasteiger charge is 2.25. The van der Waals surface area contributed by atoms with Crippen molar-refractivity contribution in [3.8, 4) is 0 Å². The first-order valence-electron chi connectivity index (χ1n) is 9.20. The molecule has 0 saturated carbocycles. The molecule has 0 aliphatic heterocycles. The highest BCUT2D eigenvalue weighted by Crippen LogP contribution is 2.24. The van der Waals surface area contributed by atoms with Crippen LogP contribution in [0.1, 0.15) is 11.1 Å². The molecule has 4 rings (SSSR count). The second-order valence-corrected chi connectivity index (χ2v) is 8.69. The molecule has 4 aromatic carbocycles. The average Bonchev–Trinajstić information content (AvgIpc) is 2.74. The van der Waals surface area contributed by atoms with Gasteiger partial charge in [0, 0.05) is 13.1 Å². The molecule has 0 aliphatic rings. The van der Waals surface area contributed by atoms with E-state index in [9.17, 15) is 8.42 Å². The van der Waals surface area contributed by atoms with Gasteiger partial charge in [0.2, 0.25) is 10.0 Å². The van der Waals surface area contributed by atoms with Gasteiger partial charge in [-0.2, -0.15) is 4.31 Å². The summed E-state index contributed by atoms with van der Waals surface area (Å²) < 4.78 is 28.6. The molecule has 0 heterocycles. The Hall–Kier alpha value is -2.95. The minimum absolute atomic E-state index is 0.318. The monoisotopic (exact) mass is 387 g/mol. The highest BCUT2D eigenvalue weighted by atomic mass is 32.2. The maximum Gasteiger partial charge on any atom is 0.243 e. The Morgan fingerprint density at radius 1 is 0.571 bits per heavy atom. The summed E-state index contributed by atoms with van der Waals surface area (Å²) in [4.78, 5) is 0.318. The van der Waals surface area contributed by atoms with Crippen LogP contribution in [0.2, 0.25) is 0 Å². The molecule has 0 atom stereocenters. The van der Waals surface area contributed by atoms with Crippen LogP contribution in [0.3, 0.4) is 0 Å². The molecule has 0 N–H and O–H groups in total. The Kier molecular flexibility index (Phi) is 5.24. The first kappa shape index (κ1) is 18.4. The second kappa shape index (κ2) is 7.97. The Labute approximate surface area is 165 Å². The molecule has 3 nitrogen and oxygen atoms in total. The van der Waals surface area contributed by atoms with Crippen LogP contribution in [0.5, 0.6) is 0 Å². The summed E-state index contributed by atoms with van der Waals surface area (Å²) in [5, 5.41) is 1.95. The fraction of sp³-hybridized carbons (Fsp3) is 0.0833. The first-order chi connectivity index (χ1) is 13.6. The molecule has 0 aliphatic carbocycles. The van der Waals surface area contributed by atoms with Crippen molar-refractivity contribution in [3.63, 3.8) is 0 Å². The fourth-order valence-corrected chi connectivity index (χ4v) is 4.73. The lowest BCUT2D eigenvalue weighted by Crippen LogP contribution is -2.30. The summed E-state index contributed by atoms with van der Waals surface area (Å²) in [6.45, 7) is 0.649. The van der Waals surface area contributed by atoms with Crippen molar-refractivity contribution in [2.24, 2.45) is 0 Å². The molecule has 0 aromatic heterocycles. The molecule has 4 aromatic rings. The Balaban J connectivity index is 1.74. The quantitative estimate of drug-likeness (QED) is 0.454. The fourth-order valence-electron chi connectivity index (χ4n) is 3.28. The summed E-state index contributed by atoms with van der Waals surface area (Å²) >= 11 is 0. The van der Waals surface area contributed by atoms with Crippen LogP contribution in [0, 0.1) is 0 Å². The largest absolute Gasteiger partial charge is 0.243 e. The second-order valence-electron chi connectivity index (χ2n) is 6.75. The number of hydrogen-bond donors (Lipinski definition) is 0. The van der Waals surface area contributed by atoms with Gasteiger partial charge in [0.05, 0.1) is 4.90 Å². The zero-order valence-electron chi connectivity index (χ0n) is 15.4. The smallest absolute Gasteiger partial charge is 0.207 e. The third-order valence-electron chi connectivity index (χ3n) is 4.76. The maximum absolute atomic E-state index is 13.5. The van der Waals surface area contributed by atoms with Crippen LogP contribution in [-0.2, 0) is 23.1 Å². The van der Waals surface area contributed by atoms with Crippen molar-refractivity contribution < 1.29 is 8.42 Å². The molecule has 0 saturated heterocycles. The third-order valence-corrected chi connectivity index (χ3v) is 6.55. The summed E-state index contributed by atoms with van der Waals surface area (Å²) in [5.41, 5.74) is 1.92. The van der Waals surface area contributed by atoms with Gasteiger partial charge >= 0.3 is 0 Å². The van der Waals surface area contributed by atoms with E-state index in [-0.39, 0.29) is 0 Å². The number of fused-ring (bicyclic) bond motifs is 1. The van der Waals surface area contributed by atoms with Crippen molar-refractivity contribution in [3.05, 3.63) is 114 Å². The molecular formula is C24H21NO2S. The van der Waals surface area contributed by atoms with E-state index in [1.165, 1.54) is 0 Å². The summed E-state index contributed by atoms with van der Waals surface area (Å²) in [6.07, 6.45) is 0. The van der Waals surface area contributed by atoms with E-state index in [2.05, 4.69) is 0 Å². The number of hydrogen-bond acceptors (Lipinski definition) is 2. The lowest BCUT2D eigenvalue weighted by molar-refractivity contribution is 0.401. The molecule has 0 spiro atoms. The average molecular weight is 388 g/mol. The van der Waals surface area contributed by atoms with E-state index in [0.29, 0.717) is 18.0 Å². The third kappa shape index (κ3) is 3.98. The van der Waals surface area contributed by atoms with Crippen molar-refractivity contribution in [1.29, 1.82) is 0 Å². The molecule has 0 unspecified atom stereocenters. The van der Waals surface area contributed by atoms with Gasteiger partial charge in [0.25, 0.3) is 0 Å². The number of nitrogens with zero attached hydrogens (tertiary/aromatic N) is 1. The lowest BCUT2D eigenvalue weighted by Gasteiger charge is -2.23. The minimum atomic E-state index is -3.66. The van der Waals surface area contributed by atoms with E-state index in [1.807, 2.05) is 91.0 Å². The predicted octanol–water partition coefficient (Wildman–Crippen LogP) is 5.23. The van der Waals surface area contributed by atoms with E-state index in [4.69, 9.17) is 0 Å². The number of rotatable bonds is 6. The van der Waals surface area contributed by atoms with Gasteiger partial charge in [-0.25, -0.2) is 8.42 Å².